The number of nitrogens with zero attached hydrogens (tertiary/aromatic N) is 1. The molecule has 2 heteroatoms. The summed E-state index contributed by atoms with van der Waals surface area (Å²) < 4.78 is 0. The first-order chi connectivity index (χ1) is 6.91. The van der Waals surface area contributed by atoms with Crippen molar-refractivity contribution in [2.45, 2.75) is 59.9 Å². The molecule has 0 fully saturated rings. The average molecular weight is 214 g/mol. The zero-order valence-electron chi connectivity index (χ0n) is 11.3. The molecule has 1 atom stereocenters. The molecule has 0 spiro atoms. The molecule has 0 bridgehead atoms. The summed E-state index contributed by atoms with van der Waals surface area (Å²) in [5.41, 5.74) is 6.40. The molecule has 2 nitrogen and oxygen atoms in total. The zero-order valence-corrected chi connectivity index (χ0v) is 11.3. The maximum Gasteiger partial charge on any atom is 0.00998 e. The molecule has 92 valence electrons. The van der Waals surface area contributed by atoms with Crippen LogP contribution >= 0.6 is 0 Å². The van der Waals surface area contributed by atoms with Crippen molar-refractivity contribution in [3.8, 4) is 0 Å². The van der Waals surface area contributed by atoms with E-state index in [1.807, 2.05) is 0 Å². The molecule has 0 aromatic carbocycles. The second kappa shape index (κ2) is 7.24. The third kappa shape index (κ3) is 6.91. The maximum absolute atomic E-state index is 6.16. The van der Waals surface area contributed by atoms with Crippen LogP contribution in [0.15, 0.2) is 0 Å². The largest absolute Gasteiger partial charge is 0.327 e. The quantitative estimate of drug-likeness (QED) is 0.706. The van der Waals surface area contributed by atoms with Crippen molar-refractivity contribution >= 4 is 0 Å². The van der Waals surface area contributed by atoms with Gasteiger partial charge in [0.2, 0.25) is 0 Å². The summed E-state index contributed by atoms with van der Waals surface area (Å²) in [6, 6.07) is 0.314. The van der Waals surface area contributed by atoms with Gasteiger partial charge >= 0.3 is 0 Å². The van der Waals surface area contributed by atoms with Gasteiger partial charge in [0, 0.05) is 6.04 Å². The molecule has 15 heavy (non-hydrogen) atoms. The molecule has 0 aliphatic heterocycles. The molecular formula is C13H30N2. The first-order valence-corrected chi connectivity index (χ1v) is 6.39. The topological polar surface area (TPSA) is 29.3 Å². The molecule has 0 saturated carbocycles. The summed E-state index contributed by atoms with van der Waals surface area (Å²) in [6.07, 6.45) is 3.60. The van der Waals surface area contributed by atoms with E-state index < -0.39 is 0 Å². The van der Waals surface area contributed by atoms with Crippen LogP contribution in [0.5, 0.6) is 0 Å². The van der Waals surface area contributed by atoms with Crippen LogP contribution in [-0.2, 0) is 0 Å². The lowest BCUT2D eigenvalue weighted by Crippen LogP contribution is -2.39. The minimum Gasteiger partial charge on any atom is -0.327 e. The molecule has 2 N–H and O–H groups in total. The fraction of sp³-hybridized carbons (Fsp3) is 1.00. The Morgan fingerprint density at radius 2 is 1.47 bits per heavy atom. The fourth-order valence-electron chi connectivity index (χ4n) is 1.72. The first kappa shape index (κ1) is 14.9. The van der Waals surface area contributed by atoms with Gasteiger partial charge in [0.05, 0.1) is 0 Å². The van der Waals surface area contributed by atoms with Gasteiger partial charge in [-0.3, -0.25) is 0 Å². The Kier molecular flexibility index (Phi) is 7.20. The van der Waals surface area contributed by atoms with E-state index in [0.717, 1.165) is 13.0 Å². The van der Waals surface area contributed by atoms with Crippen LogP contribution in [0, 0.1) is 5.41 Å². The molecule has 0 rings (SSSR count). The van der Waals surface area contributed by atoms with Crippen molar-refractivity contribution < 1.29 is 0 Å². The van der Waals surface area contributed by atoms with Crippen molar-refractivity contribution in [3.63, 3.8) is 0 Å². The van der Waals surface area contributed by atoms with Crippen molar-refractivity contribution in [1.29, 1.82) is 0 Å². The number of nitrogens with two attached hydrogens (primary N) is 1. The smallest absolute Gasteiger partial charge is 0.00998 e. The first-order valence-electron chi connectivity index (χ1n) is 6.39. The van der Waals surface area contributed by atoms with Crippen LogP contribution < -0.4 is 5.73 Å². The second-order valence-electron chi connectivity index (χ2n) is 5.60. The lowest BCUT2D eigenvalue weighted by molar-refractivity contribution is 0.228. The molecule has 0 saturated heterocycles. The minimum absolute atomic E-state index is 0.240. The summed E-state index contributed by atoms with van der Waals surface area (Å²) in [5.74, 6) is 0. The Labute approximate surface area is 96.2 Å². The predicted molar refractivity (Wildman–Crippen MR) is 69.1 cm³/mol. The van der Waals surface area contributed by atoms with Gasteiger partial charge in [0.15, 0.2) is 0 Å². The van der Waals surface area contributed by atoms with E-state index in [-0.39, 0.29) is 5.41 Å². The summed E-state index contributed by atoms with van der Waals surface area (Å²) >= 11 is 0. The Hall–Kier alpha value is -0.0800. The normalized spacial score (nSPS) is 14.6. The lowest BCUT2D eigenvalue weighted by Gasteiger charge is -2.30. The van der Waals surface area contributed by atoms with Crippen molar-refractivity contribution in [2.75, 3.05) is 19.6 Å². The highest BCUT2D eigenvalue weighted by Gasteiger charge is 2.20. The van der Waals surface area contributed by atoms with Gasteiger partial charge in [-0.2, -0.15) is 0 Å². The van der Waals surface area contributed by atoms with Gasteiger partial charge < -0.3 is 10.6 Å². The molecule has 0 aromatic rings. The molecular weight excluding hydrogens is 184 g/mol. The Balaban J connectivity index is 3.87. The minimum atomic E-state index is 0.240. The van der Waals surface area contributed by atoms with Gasteiger partial charge in [-0.05, 0) is 44.3 Å². The number of hydrogen-bond acceptors (Lipinski definition) is 2. The van der Waals surface area contributed by atoms with E-state index in [4.69, 9.17) is 5.73 Å². The van der Waals surface area contributed by atoms with Gasteiger partial charge in [0.25, 0.3) is 0 Å². The maximum atomic E-state index is 6.16. The molecule has 0 aromatic heterocycles. The molecule has 0 radical (unpaired) electrons. The average Bonchev–Trinajstić information content (AvgIpc) is 2.12. The summed E-state index contributed by atoms with van der Waals surface area (Å²) in [4.78, 5) is 2.53. The standard InChI is InChI=1S/C13H30N2/c1-6-9-15(10-7-2)11-8-12(14)13(3,4)5/h12H,6-11,14H2,1-5H3. The molecule has 0 heterocycles. The van der Waals surface area contributed by atoms with Crippen LogP contribution in [0.3, 0.4) is 0 Å². The Bertz CT molecular complexity index is 143. The van der Waals surface area contributed by atoms with Crippen LogP contribution in [0.1, 0.15) is 53.9 Å². The summed E-state index contributed by atoms with van der Waals surface area (Å²) in [6.45, 7) is 14.7. The van der Waals surface area contributed by atoms with Crippen LogP contribution in [-0.4, -0.2) is 30.6 Å². The number of hydrogen-bond donors (Lipinski definition) is 1. The lowest BCUT2D eigenvalue weighted by atomic mass is 9.85. The van der Waals surface area contributed by atoms with Gasteiger partial charge in [0.1, 0.15) is 0 Å². The van der Waals surface area contributed by atoms with E-state index in [2.05, 4.69) is 39.5 Å². The highest BCUT2D eigenvalue weighted by atomic mass is 15.1. The van der Waals surface area contributed by atoms with Crippen LogP contribution in [0.2, 0.25) is 0 Å². The Morgan fingerprint density at radius 1 is 1.00 bits per heavy atom. The summed E-state index contributed by atoms with van der Waals surface area (Å²) in [5, 5.41) is 0. The van der Waals surface area contributed by atoms with Crippen molar-refractivity contribution in [3.05, 3.63) is 0 Å². The van der Waals surface area contributed by atoms with Gasteiger partial charge in [-0.25, -0.2) is 0 Å². The zero-order chi connectivity index (χ0) is 11.9. The highest BCUT2D eigenvalue weighted by Crippen LogP contribution is 2.19. The third-order valence-corrected chi connectivity index (χ3v) is 2.95. The van der Waals surface area contributed by atoms with E-state index in [1.165, 1.54) is 25.9 Å². The van der Waals surface area contributed by atoms with Crippen molar-refractivity contribution in [2.24, 2.45) is 11.1 Å². The predicted octanol–water partition coefficient (Wildman–Crippen LogP) is 2.87. The van der Waals surface area contributed by atoms with Gasteiger partial charge in [-0.15, -0.1) is 0 Å². The SMILES string of the molecule is CCCN(CCC)CCC(N)C(C)(C)C. The number of rotatable bonds is 7. The summed E-state index contributed by atoms with van der Waals surface area (Å²) in [7, 11) is 0. The van der Waals surface area contributed by atoms with Gasteiger partial charge in [-0.1, -0.05) is 34.6 Å². The monoisotopic (exact) mass is 214 g/mol. The van der Waals surface area contributed by atoms with Crippen molar-refractivity contribution in [1.82, 2.24) is 4.90 Å². The molecule has 1 unspecified atom stereocenters. The Morgan fingerprint density at radius 3 is 1.80 bits per heavy atom. The molecule has 0 aliphatic rings. The third-order valence-electron chi connectivity index (χ3n) is 2.95. The highest BCUT2D eigenvalue weighted by molar-refractivity contribution is 4.77. The van der Waals surface area contributed by atoms with Crippen LogP contribution in [0.4, 0.5) is 0 Å². The van der Waals surface area contributed by atoms with E-state index in [1.54, 1.807) is 0 Å². The van der Waals surface area contributed by atoms with Crippen LogP contribution in [0.25, 0.3) is 0 Å². The molecule has 0 aliphatic carbocycles. The van der Waals surface area contributed by atoms with E-state index in [0.29, 0.717) is 6.04 Å². The van der Waals surface area contributed by atoms with E-state index in [9.17, 15) is 0 Å². The van der Waals surface area contributed by atoms with E-state index >= 15 is 0 Å². The molecule has 0 amide bonds. The second-order valence-corrected chi connectivity index (χ2v) is 5.60. The fourth-order valence-corrected chi connectivity index (χ4v) is 1.72.